The van der Waals surface area contributed by atoms with Crippen LogP contribution in [0.5, 0.6) is 0 Å². The van der Waals surface area contributed by atoms with Crippen LogP contribution in [-0.4, -0.2) is 27.2 Å². The highest BCUT2D eigenvalue weighted by atomic mass is 16.6. The summed E-state index contributed by atoms with van der Waals surface area (Å²) in [5, 5.41) is 23.2. The lowest BCUT2D eigenvalue weighted by atomic mass is 9.77. The van der Waals surface area contributed by atoms with Crippen molar-refractivity contribution >= 4 is 17.3 Å². The molecule has 18 heavy (non-hydrogen) atoms. The number of aliphatic hydroxyl groups is 1. The number of pyridine rings is 1. The first-order valence-corrected chi connectivity index (χ1v) is 5.61. The molecule has 1 heterocycles. The van der Waals surface area contributed by atoms with Crippen molar-refractivity contribution in [1.82, 2.24) is 4.98 Å². The van der Waals surface area contributed by atoms with Gasteiger partial charge in [0.05, 0.1) is 29.2 Å². The van der Waals surface area contributed by atoms with Crippen LogP contribution < -0.4 is 16.6 Å². The average molecular weight is 253 g/mol. The minimum absolute atomic E-state index is 0.0250. The zero-order valence-corrected chi connectivity index (χ0v) is 9.72. The van der Waals surface area contributed by atoms with Crippen LogP contribution in [-0.2, 0) is 0 Å². The van der Waals surface area contributed by atoms with Crippen LogP contribution in [0.15, 0.2) is 12.1 Å². The zero-order chi connectivity index (χ0) is 13.2. The molecular formula is C10H15N5O3. The van der Waals surface area contributed by atoms with Gasteiger partial charge in [0.1, 0.15) is 11.6 Å². The highest BCUT2D eigenvalue weighted by Crippen LogP contribution is 2.35. The summed E-state index contributed by atoms with van der Waals surface area (Å²) < 4.78 is 0. The molecule has 0 unspecified atom stereocenters. The second-order valence-corrected chi connectivity index (χ2v) is 4.41. The van der Waals surface area contributed by atoms with Crippen molar-refractivity contribution in [3.63, 3.8) is 0 Å². The number of aromatic nitrogens is 1. The average Bonchev–Trinajstić information content (AvgIpc) is 2.33. The van der Waals surface area contributed by atoms with E-state index < -0.39 is 10.5 Å². The molecule has 0 spiro atoms. The van der Waals surface area contributed by atoms with E-state index in [9.17, 15) is 15.2 Å². The minimum Gasteiger partial charge on any atom is -0.394 e. The van der Waals surface area contributed by atoms with Crippen LogP contribution in [0.25, 0.3) is 0 Å². The van der Waals surface area contributed by atoms with Gasteiger partial charge in [-0.2, -0.15) is 0 Å². The van der Waals surface area contributed by atoms with Crippen LogP contribution in [0.1, 0.15) is 19.3 Å². The maximum atomic E-state index is 10.8. The minimum atomic E-state index is -0.514. The van der Waals surface area contributed by atoms with E-state index in [0.717, 1.165) is 19.3 Å². The van der Waals surface area contributed by atoms with Crippen LogP contribution in [0.3, 0.4) is 0 Å². The topological polar surface area (TPSA) is 126 Å². The van der Waals surface area contributed by atoms with E-state index >= 15 is 0 Å². The predicted molar refractivity (Wildman–Crippen MR) is 66.0 cm³/mol. The molecule has 0 saturated heterocycles. The summed E-state index contributed by atoms with van der Waals surface area (Å²) in [4.78, 5) is 14.3. The Morgan fingerprint density at radius 1 is 1.50 bits per heavy atom. The molecule has 1 aliphatic carbocycles. The molecule has 1 aromatic rings. The Morgan fingerprint density at radius 2 is 2.17 bits per heavy atom. The molecule has 5 N–H and O–H groups in total. The van der Waals surface area contributed by atoms with E-state index in [0.29, 0.717) is 5.82 Å². The summed E-state index contributed by atoms with van der Waals surface area (Å²) in [7, 11) is 0. The fourth-order valence-electron chi connectivity index (χ4n) is 1.96. The molecule has 0 amide bonds. The molecule has 1 saturated carbocycles. The van der Waals surface area contributed by atoms with Crippen molar-refractivity contribution in [2.75, 3.05) is 17.3 Å². The van der Waals surface area contributed by atoms with Gasteiger partial charge < -0.3 is 15.8 Å². The summed E-state index contributed by atoms with van der Waals surface area (Å²) >= 11 is 0. The molecule has 8 nitrogen and oxygen atoms in total. The van der Waals surface area contributed by atoms with Gasteiger partial charge in [-0.3, -0.25) is 10.1 Å². The number of aliphatic hydroxyl groups excluding tert-OH is 1. The van der Waals surface area contributed by atoms with Crippen LogP contribution in [0.2, 0.25) is 0 Å². The fourth-order valence-corrected chi connectivity index (χ4v) is 1.96. The first-order chi connectivity index (χ1) is 8.58. The Bertz CT molecular complexity index is 455. The molecule has 0 aliphatic heterocycles. The van der Waals surface area contributed by atoms with Gasteiger partial charge in [0, 0.05) is 0 Å². The van der Waals surface area contributed by atoms with Crippen LogP contribution in [0.4, 0.5) is 17.3 Å². The lowest BCUT2D eigenvalue weighted by Crippen LogP contribution is -2.48. The van der Waals surface area contributed by atoms with E-state index in [-0.39, 0.29) is 18.1 Å². The third kappa shape index (κ3) is 2.34. The predicted octanol–water partition coefficient (Wildman–Crippen LogP) is 0.602. The number of nitro groups is 1. The number of nitrogens with one attached hydrogen (secondary N) is 2. The molecule has 98 valence electrons. The van der Waals surface area contributed by atoms with Crippen molar-refractivity contribution in [3.05, 3.63) is 22.2 Å². The van der Waals surface area contributed by atoms with Gasteiger partial charge in [-0.1, -0.05) is 0 Å². The van der Waals surface area contributed by atoms with E-state index in [1.165, 1.54) is 12.1 Å². The molecule has 1 fully saturated rings. The standard InChI is InChI=1S/C10H15N5O3/c11-14-9-5-7(15(17)18)4-8(12-9)13-10(6-16)2-1-3-10/h4-5,16H,1-3,6,11H2,(H2,12,13,14). The number of nitrogens with zero attached hydrogens (tertiary/aromatic N) is 2. The second-order valence-electron chi connectivity index (χ2n) is 4.41. The zero-order valence-electron chi connectivity index (χ0n) is 9.72. The van der Waals surface area contributed by atoms with Gasteiger partial charge in [0.25, 0.3) is 5.69 Å². The molecule has 0 atom stereocenters. The molecular weight excluding hydrogens is 238 g/mol. The summed E-state index contributed by atoms with van der Waals surface area (Å²) in [5.41, 5.74) is 1.77. The van der Waals surface area contributed by atoms with E-state index in [4.69, 9.17) is 5.84 Å². The third-order valence-corrected chi connectivity index (χ3v) is 3.18. The smallest absolute Gasteiger partial charge is 0.276 e. The van der Waals surface area contributed by atoms with Gasteiger partial charge in [0.15, 0.2) is 0 Å². The number of nitrogen functional groups attached to an aromatic ring is 1. The molecule has 1 aliphatic rings. The quantitative estimate of drug-likeness (QED) is 0.344. The van der Waals surface area contributed by atoms with E-state index in [1.54, 1.807) is 0 Å². The van der Waals surface area contributed by atoms with E-state index in [2.05, 4.69) is 15.7 Å². The summed E-state index contributed by atoms with van der Waals surface area (Å²) in [6, 6.07) is 2.58. The van der Waals surface area contributed by atoms with E-state index in [1.807, 2.05) is 0 Å². The highest BCUT2D eigenvalue weighted by molar-refractivity contribution is 5.55. The number of hydrogen-bond donors (Lipinski definition) is 4. The molecule has 0 aromatic carbocycles. The van der Waals surface area contributed by atoms with Gasteiger partial charge in [-0.05, 0) is 19.3 Å². The normalized spacial score (nSPS) is 16.8. The largest absolute Gasteiger partial charge is 0.394 e. The molecule has 2 rings (SSSR count). The van der Waals surface area contributed by atoms with Crippen LogP contribution >= 0.6 is 0 Å². The summed E-state index contributed by atoms with van der Waals surface area (Å²) in [6.07, 6.45) is 2.66. The van der Waals surface area contributed by atoms with Crippen molar-refractivity contribution in [3.8, 4) is 0 Å². The SMILES string of the molecule is NNc1cc([N+](=O)[O-])cc(NC2(CO)CCC2)n1. The van der Waals surface area contributed by atoms with Gasteiger partial charge in [-0.15, -0.1) is 0 Å². The lowest BCUT2D eigenvalue weighted by molar-refractivity contribution is -0.384. The summed E-state index contributed by atoms with van der Waals surface area (Å²) in [6.45, 7) is -0.0250. The number of nitrogens with two attached hydrogens (primary N) is 1. The van der Waals surface area contributed by atoms with Gasteiger partial charge in [-0.25, -0.2) is 10.8 Å². The number of anilines is 2. The first kappa shape index (κ1) is 12.5. The summed E-state index contributed by atoms with van der Waals surface area (Å²) in [5.74, 6) is 5.76. The second kappa shape index (κ2) is 4.75. The van der Waals surface area contributed by atoms with Crippen molar-refractivity contribution in [2.45, 2.75) is 24.8 Å². The number of rotatable bonds is 5. The monoisotopic (exact) mass is 253 g/mol. The number of hydrazine groups is 1. The lowest BCUT2D eigenvalue weighted by Gasteiger charge is -2.41. The molecule has 0 bridgehead atoms. The molecule has 0 radical (unpaired) electrons. The maximum absolute atomic E-state index is 10.8. The molecule has 8 heteroatoms. The van der Waals surface area contributed by atoms with Crippen LogP contribution in [0, 0.1) is 10.1 Å². The molecule has 1 aromatic heterocycles. The highest BCUT2D eigenvalue weighted by Gasteiger charge is 2.36. The Hall–Kier alpha value is -1.93. The third-order valence-electron chi connectivity index (χ3n) is 3.18. The number of hydrogen-bond acceptors (Lipinski definition) is 7. The Balaban J connectivity index is 2.26. The van der Waals surface area contributed by atoms with Crippen molar-refractivity contribution in [1.29, 1.82) is 0 Å². The van der Waals surface area contributed by atoms with Gasteiger partial charge in [0.2, 0.25) is 0 Å². The van der Waals surface area contributed by atoms with Crippen molar-refractivity contribution < 1.29 is 10.0 Å². The fraction of sp³-hybridized carbons (Fsp3) is 0.500. The Kier molecular flexibility index (Phi) is 3.30. The Morgan fingerprint density at radius 3 is 2.61 bits per heavy atom. The maximum Gasteiger partial charge on any atom is 0.276 e. The van der Waals surface area contributed by atoms with Crippen molar-refractivity contribution in [2.24, 2.45) is 5.84 Å². The van der Waals surface area contributed by atoms with Gasteiger partial charge >= 0.3 is 0 Å². The Labute approximate surface area is 103 Å². The first-order valence-electron chi connectivity index (χ1n) is 5.61.